The molecule has 0 saturated heterocycles. The topological polar surface area (TPSA) is 105 Å². The average Bonchev–Trinajstić information content (AvgIpc) is 2.67. The van der Waals surface area contributed by atoms with Crippen molar-refractivity contribution in [2.24, 2.45) is 0 Å². The zero-order valence-corrected chi connectivity index (χ0v) is 15.9. The summed E-state index contributed by atoms with van der Waals surface area (Å²) in [6, 6.07) is 11.0. The first kappa shape index (κ1) is 20.8. The molecule has 2 N–H and O–H groups in total. The van der Waals surface area contributed by atoms with Gasteiger partial charge in [-0.25, -0.2) is 4.79 Å². The van der Waals surface area contributed by atoms with Crippen molar-refractivity contribution in [2.45, 2.75) is 6.92 Å². The molecule has 0 aliphatic rings. The van der Waals surface area contributed by atoms with E-state index in [2.05, 4.69) is 5.32 Å². The molecule has 0 aromatic heterocycles. The Morgan fingerprint density at radius 3 is 2.43 bits per heavy atom. The van der Waals surface area contributed by atoms with Crippen molar-refractivity contribution >= 4 is 23.5 Å². The number of carbonyl (C=O) groups excluding carboxylic acids is 2. The Kier molecular flexibility index (Phi) is 6.97. The molecule has 0 radical (unpaired) electrons. The Morgan fingerprint density at radius 2 is 1.79 bits per heavy atom. The Labute approximate surface area is 162 Å². The minimum absolute atomic E-state index is 0.179. The summed E-state index contributed by atoms with van der Waals surface area (Å²) in [6.45, 7) is 1.66. The Bertz CT molecular complexity index is 879. The van der Waals surface area contributed by atoms with Crippen molar-refractivity contribution in [2.75, 3.05) is 32.6 Å². The fraction of sp³-hybridized carbons (Fsp3) is 0.250. The number of carboxylic acids is 1. The molecule has 0 heterocycles. The Balaban J connectivity index is 2.22. The predicted octanol–water partition coefficient (Wildman–Crippen LogP) is 2.50. The lowest BCUT2D eigenvalue weighted by atomic mass is 10.1. The number of ether oxygens (including phenoxy) is 2. The standard InChI is InChI=1S/C20H22N2O6/c1-4-27-17-11-14(20(26)22(2)3)8-9-16(17)21-19(25)13-6-5-7-15(10-13)28-12-18(23)24/h5-11H,4,12H2,1-3H3,(H,21,25)(H,23,24). The highest BCUT2D eigenvalue weighted by molar-refractivity contribution is 6.05. The lowest BCUT2D eigenvalue weighted by Crippen LogP contribution is -2.22. The van der Waals surface area contributed by atoms with Gasteiger partial charge in [-0.2, -0.15) is 0 Å². The van der Waals surface area contributed by atoms with E-state index in [4.69, 9.17) is 14.6 Å². The molecule has 0 atom stereocenters. The average molecular weight is 386 g/mol. The molecule has 0 bridgehead atoms. The maximum atomic E-state index is 12.6. The van der Waals surface area contributed by atoms with Crippen LogP contribution in [0.2, 0.25) is 0 Å². The SMILES string of the molecule is CCOc1cc(C(=O)N(C)C)ccc1NC(=O)c1cccc(OCC(=O)O)c1. The number of anilines is 1. The van der Waals surface area contributed by atoms with Crippen LogP contribution in [0.15, 0.2) is 42.5 Å². The third kappa shape index (κ3) is 5.47. The highest BCUT2D eigenvalue weighted by Gasteiger charge is 2.15. The van der Waals surface area contributed by atoms with Gasteiger partial charge in [-0.15, -0.1) is 0 Å². The van der Waals surface area contributed by atoms with Crippen molar-refractivity contribution in [1.82, 2.24) is 4.90 Å². The van der Waals surface area contributed by atoms with Crippen LogP contribution in [0.25, 0.3) is 0 Å². The quantitative estimate of drug-likeness (QED) is 0.722. The van der Waals surface area contributed by atoms with Crippen LogP contribution < -0.4 is 14.8 Å². The van der Waals surface area contributed by atoms with Gasteiger partial charge in [-0.3, -0.25) is 9.59 Å². The smallest absolute Gasteiger partial charge is 0.341 e. The van der Waals surface area contributed by atoms with Crippen LogP contribution in [0.4, 0.5) is 5.69 Å². The number of rotatable bonds is 8. The lowest BCUT2D eigenvalue weighted by Gasteiger charge is -2.15. The zero-order valence-electron chi connectivity index (χ0n) is 15.9. The Hall–Kier alpha value is -3.55. The molecule has 2 amide bonds. The van der Waals surface area contributed by atoms with Crippen LogP contribution in [0, 0.1) is 0 Å². The number of hydrogen-bond donors (Lipinski definition) is 2. The molecule has 2 aromatic rings. The minimum Gasteiger partial charge on any atom is -0.492 e. The summed E-state index contributed by atoms with van der Waals surface area (Å²) in [5, 5.41) is 11.4. The molecule has 0 saturated carbocycles. The molecule has 0 fully saturated rings. The molecular weight excluding hydrogens is 364 g/mol. The first-order valence-electron chi connectivity index (χ1n) is 8.56. The Morgan fingerprint density at radius 1 is 1.04 bits per heavy atom. The molecule has 0 aliphatic heterocycles. The monoisotopic (exact) mass is 386 g/mol. The van der Waals surface area contributed by atoms with Gasteiger partial charge in [0.1, 0.15) is 11.5 Å². The van der Waals surface area contributed by atoms with E-state index in [-0.39, 0.29) is 11.7 Å². The summed E-state index contributed by atoms with van der Waals surface area (Å²) in [7, 11) is 3.30. The summed E-state index contributed by atoms with van der Waals surface area (Å²) in [4.78, 5) is 36.8. The van der Waals surface area contributed by atoms with Crippen molar-refractivity contribution in [3.05, 3.63) is 53.6 Å². The van der Waals surface area contributed by atoms with Gasteiger partial charge in [0, 0.05) is 25.2 Å². The predicted molar refractivity (Wildman–Crippen MR) is 103 cm³/mol. The summed E-state index contributed by atoms with van der Waals surface area (Å²) in [6.07, 6.45) is 0. The molecule has 8 nitrogen and oxygen atoms in total. The molecule has 0 aliphatic carbocycles. The van der Waals surface area contributed by atoms with Crippen LogP contribution in [-0.2, 0) is 4.79 Å². The fourth-order valence-corrected chi connectivity index (χ4v) is 2.36. The highest BCUT2D eigenvalue weighted by Crippen LogP contribution is 2.27. The van der Waals surface area contributed by atoms with E-state index in [1.807, 2.05) is 0 Å². The molecule has 28 heavy (non-hydrogen) atoms. The summed E-state index contributed by atoms with van der Waals surface area (Å²) < 4.78 is 10.6. The van der Waals surface area contributed by atoms with Gasteiger partial charge in [0.25, 0.3) is 11.8 Å². The van der Waals surface area contributed by atoms with Crippen LogP contribution in [0.1, 0.15) is 27.6 Å². The van der Waals surface area contributed by atoms with E-state index in [9.17, 15) is 14.4 Å². The maximum absolute atomic E-state index is 12.6. The van der Waals surface area contributed by atoms with Gasteiger partial charge < -0.3 is 24.8 Å². The summed E-state index contributed by atoms with van der Waals surface area (Å²) in [5.41, 5.74) is 1.15. The molecule has 2 rings (SSSR count). The molecule has 148 valence electrons. The highest BCUT2D eigenvalue weighted by atomic mass is 16.5. The molecule has 0 unspecified atom stereocenters. The first-order chi connectivity index (χ1) is 13.3. The van der Waals surface area contributed by atoms with E-state index < -0.39 is 18.5 Å². The maximum Gasteiger partial charge on any atom is 0.341 e. The third-order valence-electron chi connectivity index (χ3n) is 3.64. The second-order valence-electron chi connectivity index (χ2n) is 6.01. The molecule has 0 spiro atoms. The molecular formula is C20H22N2O6. The number of amides is 2. The lowest BCUT2D eigenvalue weighted by molar-refractivity contribution is -0.139. The van der Waals surface area contributed by atoms with Crippen LogP contribution in [0.5, 0.6) is 11.5 Å². The van der Waals surface area contributed by atoms with Gasteiger partial charge in [0.05, 0.1) is 12.3 Å². The summed E-state index contributed by atoms with van der Waals surface area (Å²) >= 11 is 0. The fourth-order valence-electron chi connectivity index (χ4n) is 2.36. The van der Waals surface area contributed by atoms with Crippen molar-refractivity contribution in [1.29, 1.82) is 0 Å². The van der Waals surface area contributed by atoms with E-state index in [0.29, 0.717) is 29.2 Å². The normalized spacial score (nSPS) is 10.1. The number of carbonyl (C=O) groups is 3. The first-order valence-corrected chi connectivity index (χ1v) is 8.56. The van der Waals surface area contributed by atoms with Gasteiger partial charge in [0.15, 0.2) is 6.61 Å². The zero-order chi connectivity index (χ0) is 20.7. The van der Waals surface area contributed by atoms with Crippen molar-refractivity contribution in [3.8, 4) is 11.5 Å². The van der Waals surface area contributed by atoms with Crippen molar-refractivity contribution in [3.63, 3.8) is 0 Å². The number of nitrogens with one attached hydrogen (secondary N) is 1. The van der Waals surface area contributed by atoms with Gasteiger partial charge in [-0.05, 0) is 43.3 Å². The van der Waals surface area contributed by atoms with Crippen LogP contribution in [-0.4, -0.2) is 55.1 Å². The largest absolute Gasteiger partial charge is 0.492 e. The number of benzene rings is 2. The van der Waals surface area contributed by atoms with Gasteiger partial charge >= 0.3 is 5.97 Å². The number of carboxylic acid groups (broad SMARTS) is 1. The summed E-state index contributed by atoms with van der Waals surface area (Å²) in [5.74, 6) is -1.06. The molecule has 2 aromatic carbocycles. The van der Waals surface area contributed by atoms with Crippen molar-refractivity contribution < 1.29 is 29.0 Å². The second-order valence-corrected chi connectivity index (χ2v) is 6.01. The van der Waals surface area contributed by atoms with E-state index in [1.54, 1.807) is 57.4 Å². The number of hydrogen-bond acceptors (Lipinski definition) is 5. The number of aliphatic carboxylic acids is 1. The van der Waals surface area contributed by atoms with Gasteiger partial charge in [-0.1, -0.05) is 6.07 Å². The van der Waals surface area contributed by atoms with E-state index in [1.165, 1.54) is 11.0 Å². The third-order valence-corrected chi connectivity index (χ3v) is 3.64. The van der Waals surface area contributed by atoms with Gasteiger partial charge in [0.2, 0.25) is 0 Å². The van der Waals surface area contributed by atoms with Crippen LogP contribution >= 0.6 is 0 Å². The molecule has 8 heteroatoms. The number of nitrogens with zero attached hydrogens (tertiary/aromatic N) is 1. The minimum atomic E-state index is -1.11. The van der Waals surface area contributed by atoms with E-state index in [0.717, 1.165) is 0 Å². The second kappa shape index (κ2) is 9.40. The van der Waals surface area contributed by atoms with E-state index >= 15 is 0 Å². The van der Waals surface area contributed by atoms with Crippen LogP contribution in [0.3, 0.4) is 0 Å².